The highest BCUT2D eigenvalue weighted by Gasteiger charge is 2.21. The van der Waals surface area contributed by atoms with Gasteiger partial charge < -0.3 is 4.90 Å². The fourth-order valence-electron chi connectivity index (χ4n) is 1.10. The molecule has 0 aliphatic carbocycles. The first-order chi connectivity index (χ1) is 5.57. The summed E-state index contributed by atoms with van der Waals surface area (Å²) in [5, 5.41) is 0. The van der Waals surface area contributed by atoms with Crippen LogP contribution >= 0.6 is 22.9 Å². The Hall–Kier alpha value is 0.150. The monoisotopic (exact) mass is 302 g/mol. The van der Waals surface area contributed by atoms with Gasteiger partial charge in [0.15, 0.2) is 0 Å². The lowest BCUT2D eigenvalue weighted by Gasteiger charge is -2.27. The van der Waals surface area contributed by atoms with Gasteiger partial charge in [0.05, 0.1) is 44.1 Å². The lowest BCUT2D eigenvalue weighted by Crippen LogP contribution is -2.42. The molecule has 4 nitrogen and oxygen atoms in total. The van der Waals surface area contributed by atoms with Gasteiger partial charge in [0.2, 0.25) is 5.91 Å². The van der Waals surface area contributed by atoms with Gasteiger partial charge >= 0.3 is 0 Å². The van der Waals surface area contributed by atoms with Crippen LogP contribution in [0.3, 0.4) is 0 Å². The van der Waals surface area contributed by atoms with E-state index in [1.807, 2.05) is 0 Å². The highest BCUT2D eigenvalue weighted by Crippen LogP contribution is 2.09. The summed E-state index contributed by atoms with van der Waals surface area (Å²) in [5.41, 5.74) is 0. The van der Waals surface area contributed by atoms with E-state index in [0.717, 1.165) is 0 Å². The third-order valence-electron chi connectivity index (χ3n) is 1.93. The van der Waals surface area contributed by atoms with Gasteiger partial charge in [-0.2, -0.15) is 2.58 Å². The average molecular weight is 302 g/mol. The van der Waals surface area contributed by atoms with Crippen molar-refractivity contribution in [2.75, 3.05) is 24.6 Å². The van der Waals surface area contributed by atoms with Gasteiger partial charge in [-0.05, 0) is 0 Å². The molecule has 0 aromatic heterocycles. The maximum Gasteiger partial charge on any atom is 0.219 e. The zero-order valence-electron chi connectivity index (χ0n) is 6.83. The van der Waals surface area contributed by atoms with Crippen LogP contribution in [0.4, 0.5) is 0 Å². The van der Waals surface area contributed by atoms with E-state index >= 15 is 0 Å². The second-order valence-corrected chi connectivity index (χ2v) is 6.44. The second kappa shape index (κ2) is 3.91. The van der Waals surface area contributed by atoms with Crippen molar-refractivity contribution in [2.24, 2.45) is 2.58 Å². The SMILES string of the molecule is CC(=O)N1CCS(=O)(=NI)CC1. The molecule has 1 heterocycles. The molecule has 1 amide bonds. The fraction of sp³-hybridized carbons (Fsp3) is 0.833. The number of hydrogen-bond acceptors (Lipinski definition) is 3. The van der Waals surface area contributed by atoms with Crippen LogP contribution in [0.2, 0.25) is 0 Å². The van der Waals surface area contributed by atoms with Gasteiger partial charge in [-0.1, -0.05) is 0 Å². The molecule has 6 heteroatoms. The molecular weight excluding hydrogens is 291 g/mol. The van der Waals surface area contributed by atoms with Crippen LogP contribution in [0.1, 0.15) is 6.92 Å². The molecule has 1 fully saturated rings. The van der Waals surface area contributed by atoms with Gasteiger partial charge in [0, 0.05) is 20.0 Å². The first kappa shape index (κ1) is 10.2. The quantitative estimate of drug-likeness (QED) is 0.618. The summed E-state index contributed by atoms with van der Waals surface area (Å²) in [4.78, 5) is 12.6. The van der Waals surface area contributed by atoms with Crippen molar-refractivity contribution >= 4 is 38.5 Å². The van der Waals surface area contributed by atoms with E-state index in [9.17, 15) is 9.00 Å². The Morgan fingerprint density at radius 3 is 2.33 bits per heavy atom. The second-order valence-electron chi connectivity index (χ2n) is 2.76. The van der Waals surface area contributed by atoms with Crippen LogP contribution in [0.5, 0.6) is 0 Å². The predicted molar refractivity (Wildman–Crippen MR) is 56.6 cm³/mol. The van der Waals surface area contributed by atoms with E-state index in [-0.39, 0.29) is 5.91 Å². The molecule has 0 aromatic carbocycles. The molecule has 70 valence electrons. The van der Waals surface area contributed by atoms with Crippen molar-refractivity contribution < 1.29 is 9.00 Å². The van der Waals surface area contributed by atoms with Crippen LogP contribution in [0.15, 0.2) is 2.58 Å². The Bertz CT molecular complexity index is 282. The third-order valence-corrected chi connectivity index (χ3v) is 5.98. The normalized spacial score (nSPS) is 22.0. The van der Waals surface area contributed by atoms with Gasteiger partial charge in [0.25, 0.3) is 0 Å². The van der Waals surface area contributed by atoms with Crippen molar-refractivity contribution in [3.05, 3.63) is 0 Å². The molecule has 0 N–H and O–H groups in total. The molecule has 1 aliphatic heterocycles. The first-order valence-electron chi connectivity index (χ1n) is 3.66. The molecule has 1 aliphatic rings. The van der Waals surface area contributed by atoms with Crippen molar-refractivity contribution in [1.82, 2.24) is 4.90 Å². The molecule has 12 heavy (non-hydrogen) atoms. The Balaban J connectivity index is 2.62. The molecular formula is C6H11IN2O2S. The average Bonchev–Trinajstić information content (AvgIpc) is 2.05. The van der Waals surface area contributed by atoms with E-state index in [1.165, 1.54) is 6.92 Å². The highest BCUT2D eigenvalue weighted by molar-refractivity contribution is 14.1. The minimum Gasteiger partial charge on any atom is -0.341 e. The van der Waals surface area contributed by atoms with Crippen LogP contribution in [0.25, 0.3) is 0 Å². The number of carbonyl (C=O) groups is 1. The highest BCUT2D eigenvalue weighted by atomic mass is 127. The minimum absolute atomic E-state index is 0.0601. The molecule has 1 saturated heterocycles. The minimum atomic E-state index is -1.98. The van der Waals surface area contributed by atoms with Crippen molar-refractivity contribution in [3.8, 4) is 0 Å². The summed E-state index contributed by atoms with van der Waals surface area (Å²) in [6.45, 7) is 2.70. The standard InChI is InChI=1S/C6H11IN2O2S/c1-6(10)9-2-4-12(11,8-7)5-3-9/h2-5H2,1H3. The maximum atomic E-state index is 11.6. The Morgan fingerprint density at radius 1 is 1.50 bits per heavy atom. The molecule has 1 rings (SSSR count). The number of rotatable bonds is 0. The fourth-order valence-corrected chi connectivity index (χ4v) is 3.64. The van der Waals surface area contributed by atoms with E-state index < -0.39 is 9.73 Å². The number of nitrogens with zero attached hydrogens (tertiary/aromatic N) is 2. The smallest absolute Gasteiger partial charge is 0.219 e. The maximum absolute atomic E-state index is 11.6. The summed E-state index contributed by atoms with van der Waals surface area (Å²) in [6, 6.07) is 0. The summed E-state index contributed by atoms with van der Waals surface area (Å²) in [5.74, 6) is 1.11. The first-order valence-corrected chi connectivity index (χ1v) is 6.47. The number of amides is 1. The summed E-state index contributed by atoms with van der Waals surface area (Å²) in [7, 11) is -1.98. The van der Waals surface area contributed by atoms with Crippen molar-refractivity contribution in [3.63, 3.8) is 0 Å². The van der Waals surface area contributed by atoms with Crippen molar-refractivity contribution in [1.29, 1.82) is 0 Å². The van der Waals surface area contributed by atoms with Crippen molar-refractivity contribution in [2.45, 2.75) is 6.92 Å². The zero-order valence-corrected chi connectivity index (χ0v) is 9.80. The predicted octanol–water partition coefficient (Wildman–Crippen LogP) is 0.667. The Morgan fingerprint density at radius 2 is 2.00 bits per heavy atom. The van der Waals surface area contributed by atoms with E-state index in [4.69, 9.17) is 0 Å². The van der Waals surface area contributed by atoms with Crippen LogP contribution in [-0.2, 0) is 14.5 Å². The third kappa shape index (κ3) is 2.32. The summed E-state index contributed by atoms with van der Waals surface area (Å²) < 4.78 is 15.5. The van der Waals surface area contributed by atoms with E-state index in [1.54, 1.807) is 27.8 Å². The van der Waals surface area contributed by atoms with E-state index in [0.29, 0.717) is 24.6 Å². The van der Waals surface area contributed by atoms with Crippen LogP contribution in [0, 0.1) is 0 Å². The summed E-state index contributed by atoms with van der Waals surface area (Å²) in [6.07, 6.45) is 0. The van der Waals surface area contributed by atoms with Gasteiger partial charge in [0.1, 0.15) is 0 Å². The molecule has 0 bridgehead atoms. The number of carbonyl (C=O) groups excluding carboxylic acids is 1. The molecule has 0 spiro atoms. The van der Waals surface area contributed by atoms with Crippen LogP contribution < -0.4 is 0 Å². The lowest BCUT2D eigenvalue weighted by atomic mass is 10.5. The van der Waals surface area contributed by atoms with Gasteiger partial charge in [-0.15, -0.1) is 0 Å². The van der Waals surface area contributed by atoms with Gasteiger partial charge in [-0.3, -0.25) is 4.79 Å². The molecule has 0 aromatic rings. The lowest BCUT2D eigenvalue weighted by molar-refractivity contribution is -0.128. The van der Waals surface area contributed by atoms with E-state index in [2.05, 4.69) is 2.58 Å². The number of hydrogen-bond donors (Lipinski definition) is 0. The molecule has 0 atom stereocenters. The summed E-state index contributed by atoms with van der Waals surface area (Å²) >= 11 is 1.79. The largest absolute Gasteiger partial charge is 0.341 e. The molecule has 0 unspecified atom stereocenters. The number of halogens is 1. The molecule has 0 radical (unpaired) electrons. The van der Waals surface area contributed by atoms with Gasteiger partial charge in [-0.25, -0.2) is 4.21 Å². The van der Waals surface area contributed by atoms with Crippen LogP contribution in [-0.4, -0.2) is 39.6 Å². The zero-order chi connectivity index (χ0) is 9.19. The molecule has 0 saturated carbocycles. The Labute approximate surface area is 86.4 Å². The topological polar surface area (TPSA) is 49.7 Å². The Kier molecular flexibility index (Phi) is 3.33.